The first-order valence-electron chi connectivity index (χ1n) is 14.8. The molecule has 0 fully saturated rings. The van der Waals surface area contributed by atoms with Crippen LogP contribution in [0.2, 0.25) is 0 Å². The zero-order valence-corrected chi connectivity index (χ0v) is 23.9. The van der Waals surface area contributed by atoms with Gasteiger partial charge in [-0.3, -0.25) is 0 Å². The number of fused-ring (bicyclic) bond motifs is 2. The first-order chi connectivity index (χ1) is 21.8. The van der Waals surface area contributed by atoms with Gasteiger partial charge in [0.15, 0.2) is 5.82 Å². The average Bonchev–Trinajstić information content (AvgIpc) is 3.11. The Balaban J connectivity index is 1.17. The van der Waals surface area contributed by atoms with E-state index in [2.05, 4.69) is 149 Å². The Bertz CT molecular complexity index is 2240. The van der Waals surface area contributed by atoms with Crippen molar-refractivity contribution in [3.8, 4) is 56.2 Å². The molecule has 0 unspecified atom stereocenters. The van der Waals surface area contributed by atoms with E-state index >= 15 is 0 Å². The van der Waals surface area contributed by atoms with E-state index in [0.29, 0.717) is 5.82 Å². The van der Waals surface area contributed by atoms with Gasteiger partial charge in [-0.05, 0) is 91.3 Å². The first kappa shape index (κ1) is 25.8. The maximum absolute atomic E-state index is 5.03. The molecular weight excluding hydrogens is 534 g/mol. The Morgan fingerprint density at radius 3 is 1.45 bits per heavy atom. The topological polar surface area (TPSA) is 38.7 Å². The number of aromatic nitrogens is 3. The van der Waals surface area contributed by atoms with E-state index in [-0.39, 0.29) is 0 Å². The highest BCUT2D eigenvalue weighted by Crippen LogP contribution is 2.33. The second-order valence-corrected chi connectivity index (χ2v) is 11.0. The molecule has 0 saturated heterocycles. The van der Waals surface area contributed by atoms with Gasteiger partial charge < -0.3 is 0 Å². The minimum Gasteiger partial charge on any atom is -0.244 e. The summed E-state index contributed by atoms with van der Waals surface area (Å²) in [4.78, 5) is 14.0. The van der Waals surface area contributed by atoms with E-state index in [1.807, 2.05) is 12.1 Å². The third kappa shape index (κ3) is 5.01. The predicted molar refractivity (Wildman–Crippen MR) is 182 cm³/mol. The van der Waals surface area contributed by atoms with Crippen molar-refractivity contribution in [2.75, 3.05) is 0 Å². The summed E-state index contributed by atoms with van der Waals surface area (Å²) in [6.07, 6.45) is 3.52. The van der Waals surface area contributed by atoms with Crippen LogP contribution in [0.15, 0.2) is 164 Å². The number of hydrogen-bond donors (Lipinski definition) is 0. The summed E-state index contributed by atoms with van der Waals surface area (Å²) in [5.41, 5.74) is 9.66. The molecule has 2 heterocycles. The molecule has 0 amide bonds. The Hall–Kier alpha value is -5.93. The molecule has 44 heavy (non-hydrogen) atoms. The highest BCUT2D eigenvalue weighted by molar-refractivity contribution is 6.00. The molecular formula is C41H27N3. The van der Waals surface area contributed by atoms with E-state index in [1.54, 1.807) is 12.4 Å². The second-order valence-electron chi connectivity index (χ2n) is 11.0. The fraction of sp³-hybridized carbons (Fsp3) is 0. The highest BCUT2D eigenvalue weighted by Gasteiger charge is 2.12. The quantitative estimate of drug-likeness (QED) is 0.196. The molecule has 0 saturated carbocycles. The van der Waals surface area contributed by atoms with Crippen LogP contribution in [0.1, 0.15) is 0 Å². The molecule has 206 valence electrons. The molecule has 0 spiro atoms. The summed E-state index contributed by atoms with van der Waals surface area (Å²) >= 11 is 0. The monoisotopic (exact) mass is 561 g/mol. The predicted octanol–water partition coefficient (Wildman–Crippen LogP) is 10.5. The number of benzene rings is 6. The Labute approximate surface area is 256 Å². The lowest BCUT2D eigenvalue weighted by atomic mass is 9.96. The minimum atomic E-state index is 0.609. The molecule has 6 aromatic carbocycles. The maximum Gasteiger partial charge on any atom is 0.178 e. The lowest BCUT2D eigenvalue weighted by Crippen LogP contribution is -1.94. The summed E-state index contributed by atoms with van der Waals surface area (Å²) < 4.78 is 0. The minimum absolute atomic E-state index is 0.609. The molecule has 0 aliphatic rings. The van der Waals surface area contributed by atoms with E-state index in [4.69, 9.17) is 4.98 Å². The van der Waals surface area contributed by atoms with E-state index in [1.165, 1.54) is 38.2 Å². The summed E-state index contributed by atoms with van der Waals surface area (Å²) in [6, 6.07) is 53.6. The zero-order valence-electron chi connectivity index (χ0n) is 23.9. The molecule has 0 N–H and O–H groups in total. The summed E-state index contributed by atoms with van der Waals surface area (Å²) in [5.74, 6) is 0.609. The lowest BCUT2D eigenvalue weighted by Gasteiger charge is -2.11. The standard InChI is InChI=1S/C41H27N3/c1-2-7-28(8-3-1)29-11-13-30(14-12-29)31-15-17-32(18-16-31)39-26-38(27-40(44-39)41-42-21-6-22-43-41)36-20-19-35-23-33-9-4-5-10-34(33)24-37(35)25-36/h1-27H. The highest BCUT2D eigenvalue weighted by atomic mass is 14.9. The molecule has 8 rings (SSSR count). The van der Waals surface area contributed by atoms with Gasteiger partial charge in [0.2, 0.25) is 0 Å². The van der Waals surface area contributed by atoms with Crippen molar-refractivity contribution in [2.45, 2.75) is 0 Å². The molecule has 0 aliphatic heterocycles. The van der Waals surface area contributed by atoms with Crippen LogP contribution in [-0.2, 0) is 0 Å². The van der Waals surface area contributed by atoms with Gasteiger partial charge in [-0.2, -0.15) is 0 Å². The maximum atomic E-state index is 5.03. The molecule has 3 nitrogen and oxygen atoms in total. The SMILES string of the molecule is c1ccc(-c2ccc(-c3ccc(-c4cc(-c5ccc6cc7ccccc7cc6c5)cc(-c5ncccn5)n4)cc3)cc2)cc1. The van der Waals surface area contributed by atoms with Crippen molar-refractivity contribution < 1.29 is 0 Å². The Morgan fingerprint density at radius 1 is 0.295 bits per heavy atom. The van der Waals surface area contributed by atoms with Gasteiger partial charge in [-0.1, -0.05) is 115 Å². The largest absolute Gasteiger partial charge is 0.244 e. The first-order valence-corrected chi connectivity index (χ1v) is 14.8. The van der Waals surface area contributed by atoms with Crippen molar-refractivity contribution in [3.05, 3.63) is 164 Å². The van der Waals surface area contributed by atoms with Crippen LogP contribution >= 0.6 is 0 Å². The number of hydrogen-bond acceptors (Lipinski definition) is 3. The van der Waals surface area contributed by atoms with Crippen LogP contribution in [0.5, 0.6) is 0 Å². The van der Waals surface area contributed by atoms with E-state index in [9.17, 15) is 0 Å². The number of pyridine rings is 1. The molecule has 3 heteroatoms. The summed E-state index contributed by atoms with van der Waals surface area (Å²) in [6.45, 7) is 0. The third-order valence-corrected chi connectivity index (χ3v) is 8.16. The molecule has 8 aromatic rings. The van der Waals surface area contributed by atoms with Crippen molar-refractivity contribution in [1.29, 1.82) is 0 Å². The summed E-state index contributed by atoms with van der Waals surface area (Å²) in [7, 11) is 0. The van der Waals surface area contributed by atoms with Gasteiger partial charge >= 0.3 is 0 Å². The van der Waals surface area contributed by atoms with Crippen LogP contribution in [0, 0.1) is 0 Å². The summed E-state index contributed by atoms with van der Waals surface area (Å²) in [5, 5.41) is 4.92. The van der Waals surface area contributed by atoms with Crippen molar-refractivity contribution in [3.63, 3.8) is 0 Å². The average molecular weight is 562 g/mol. The molecule has 0 bridgehead atoms. The fourth-order valence-electron chi connectivity index (χ4n) is 5.83. The van der Waals surface area contributed by atoms with Crippen molar-refractivity contribution >= 4 is 21.5 Å². The number of rotatable bonds is 5. The van der Waals surface area contributed by atoms with Crippen molar-refractivity contribution in [1.82, 2.24) is 15.0 Å². The Morgan fingerprint density at radius 2 is 0.795 bits per heavy atom. The van der Waals surface area contributed by atoms with E-state index < -0.39 is 0 Å². The lowest BCUT2D eigenvalue weighted by molar-refractivity contribution is 1.14. The van der Waals surface area contributed by atoms with Crippen LogP contribution in [-0.4, -0.2) is 15.0 Å². The normalized spacial score (nSPS) is 11.2. The van der Waals surface area contributed by atoms with Gasteiger partial charge in [0, 0.05) is 18.0 Å². The van der Waals surface area contributed by atoms with Gasteiger partial charge in [-0.15, -0.1) is 0 Å². The second kappa shape index (κ2) is 11.0. The Kier molecular flexibility index (Phi) is 6.47. The van der Waals surface area contributed by atoms with Crippen molar-refractivity contribution in [2.24, 2.45) is 0 Å². The molecule has 0 atom stereocenters. The van der Waals surface area contributed by atoms with Crippen LogP contribution < -0.4 is 0 Å². The fourth-order valence-corrected chi connectivity index (χ4v) is 5.83. The molecule has 2 aromatic heterocycles. The van der Waals surface area contributed by atoms with Crippen LogP contribution in [0.25, 0.3) is 77.7 Å². The van der Waals surface area contributed by atoms with E-state index in [0.717, 1.165) is 33.6 Å². The van der Waals surface area contributed by atoms with Crippen LogP contribution in [0.3, 0.4) is 0 Å². The smallest absolute Gasteiger partial charge is 0.178 e. The van der Waals surface area contributed by atoms with Gasteiger partial charge in [-0.25, -0.2) is 15.0 Å². The molecule has 0 aliphatic carbocycles. The number of nitrogens with zero attached hydrogens (tertiary/aromatic N) is 3. The zero-order chi connectivity index (χ0) is 29.3. The van der Waals surface area contributed by atoms with Gasteiger partial charge in [0.1, 0.15) is 5.69 Å². The van der Waals surface area contributed by atoms with Gasteiger partial charge in [0.05, 0.1) is 5.69 Å². The van der Waals surface area contributed by atoms with Crippen LogP contribution in [0.4, 0.5) is 0 Å². The molecule has 0 radical (unpaired) electrons. The third-order valence-electron chi connectivity index (χ3n) is 8.16. The van der Waals surface area contributed by atoms with Gasteiger partial charge in [0.25, 0.3) is 0 Å².